The number of nitrogens with zero attached hydrogens (tertiary/aromatic N) is 1. The van der Waals surface area contributed by atoms with Gasteiger partial charge in [0.25, 0.3) is 12.2 Å². The summed E-state index contributed by atoms with van der Waals surface area (Å²) in [5.74, 6) is 0. The minimum Gasteiger partial charge on any atom is -0.483 e. The molecule has 0 bridgehead atoms. The third-order valence-electron chi connectivity index (χ3n) is 2.01. The second kappa shape index (κ2) is 9.14. The van der Waals surface area contributed by atoms with E-state index in [1.165, 1.54) is 18.2 Å². The number of anilines is 2. The maximum atomic E-state index is 10.8. The Hall–Kier alpha value is -2.84. The van der Waals surface area contributed by atoms with Crippen LogP contribution in [0, 0.1) is 10.1 Å². The fraction of sp³-hybridized carbons (Fsp3) is 0.273. The van der Waals surface area contributed by atoms with Gasteiger partial charge in [-0.05, 0) is 18.6 Å². The maximum Gasteiger partial charge on any atom is 0.409 e. The molecule has 9 nitrogen and oxygen atoms in total. The number of nitro benzene ring substituents is 1. The first-order valence-electron chi connectivity index (χ1n) is 5.56. The normalized spacial score (nSPS) is 8.85. The Morgan fingerprint density at radius 2 is 2.10 bits per heavy atom. The molecule has 0 radical (unpaired) electrons. The van der Waals surface area contributed by atoms with Crippen LogP contribution in [0.4, 0.5) is 21.9 Å². The number of nitrogens with one attached hydrogen (secondary N) is 2. The molecule has 0 aliphatic rings. The van der Waals surface area contributed by atoms with Gasteiger partial charge in [-0.15, -0.1) is 0 Å². The predicted molar refractivity (Wildman–Crippen MR) is 72.2 cm³/mol. The van der Waals surface area contributed by atoms with E-state index in [4.69, 9.17) is 15.0 Å². The van der Waals surface area contributed by atoms with E-state index in [0.717, 1.165) is 6.42 Å². The van der Waals surface area contributed by atoms with E-state index >= 15 is 0 Å². The van der Waals surface area contributed by atoms with Crippen LogP contribution in [0.25, 0.3) is 0 Å². The fourth-order valence-corrected chi connectivity index (χ4v) is 1.29. The van der Waals surface area contributed by atoms with E-state index in [9.17, 15) is 14.9 Å². The largest absolute Gasteiger partial charge is 0.483 e. The highest BCUT2D eigenvalue weighted by molar-refractivity contribution is 5.84. The number of rotatable bonds is 5. The van der Waals surface area contributed by atoms with Crippen LogP contribution in [0.2, 0.25) is 0 Å². The zero-order valence-corrected chi connectivity index (χ0v) is 10.7. The molecule has 20 heavy (non-hydrogen) atoms. The number of nitro groups is 1. The van der Waals surface area contributed by atoms with Gasteiger partial charge in [0.2, 0.25) is 0 Å². The van der Waals surface area contributed by atoms with Gasteiger partial charge >= 0.3 is 6.09 Å². The Balaban J connectivity index is 0.00000110. The van der Waals surface area contributed by atoms with Crippen molar-refractivity contribution in [2.45, 2.75) is 13.3 Å². The van der Waals surface area contributed by atoms with Crippen molar-refractivity contribution in [3.8, 4) is 0 Å². The standard InChI is InChI=1S/C10H13N3O4.CH2O2/c1-2-5-11-8-4-3-7(12-10(14)15)6-9(8)13(16)17;2-1-3/h3-4,6,11-12H,2,5H2,1H3,(H,14,15);1H,(H,2,3). The smallest absolute Gasteiger partial charge is 0.409 e. The number of amides is 1. The van der Waals surface area contributed by atoms with E-state index < -0.39 is 11.0 Å². The van der Waals surface area contributed by atoms with Gasteiger partial charge in [0, 0.05) is 12.6 Å². The third-order valence-corrected chi connectivity index (χ3v) is 2.01. The zero-order chi connectivity index (χ0) is 15.5. The molecule has 0 spiro atoms. The van der Waals surface area contributed by atoms with Gasteiger partial charge in [-0.25, -0.2) is 4.79 Å². The van der Waals surface area contributed by atoms with Gasteiger partial charge in [-0.2, -0.15) is 0 Å². The van der Waals surface area contributed by atoms with Gasteiger partial charge in [0.1, 0.15) is 5.69 Å². The molecule has 0 aliphatic heterocycles. The van der Waals surface area contributed by atoms with Gasteiger partial charge < -0.3 is 15.5 Å². The first kappa shape index (κ1) is 17.2. The lowest BCUT2D eigenvalue weighted by Crippen LogP contribution is -2.08. The topological polar surface area (TPSA) is 142 Å². The quantitative estimate of drug-likeness (QED) is 0.369. The lowest BCUT2D eigenvalue weighted by molar-refractivity contribution is -0.383. The Morgan fingerprint density at radius 3 is 2.55 bits per heavy atom. The van der Waals surface area contributed by atoms with Crippen LogP contribution in [0.1, 0.15) is 13.3 Å². The Bertz CT molecular complexity index is 477. The van der Waals surface area contributed by atoms with Crippen LogP contribution in [-0.2, 0) is 4.79 Å². The van der Waals surface area contributed by atoms with Crippen LogP contribution in [0.5, 0.6) is 0 Å². The number of hydrogen-bond donors (Lipinski definition) is 4. The molecule has 110 valence electrons. The number of carboxylic acid groups (broad SMARTS) is 2. The van der Waals surface area contributed by atoms with Crippen molar-refractivity contribution in [1.82, 2.24) is 0 Å². The highest BCUT2D eigenvalue weighted by Gasteiger charge is 2.14. The molecule has 0 unspecified atom stereocenters. The monoisotopic (exact) mass is 285 g/mol. The first-order chi connectivity index (χ1) is 9.46. The van der Waals surface area contributed by atoms with Gasteiger partial charge in [-0.1, -0.05) is 6.92 Å². The van der Waals surface area contributed by atoms with Crippen LogP contribution in [0.15, 0.2) is 18.2 Å². The average Bonchev–Trinajstić information content (AvgIpc) is 2.37. The van der Waals surface area contributed by atoms with Crippen molar-refractivity contribution in [1.29, 1.82) is 0 Å². The molecule has 1 rings (SSSR count). The van der Waals surface area contributed by atoms with Crippen molar-refractivity contribution in [2.24, 2.45) is 0 Å². The molecule has 1 aromatic carbocycles. The minimum atomic E-state index is -1.26. The molecule has 4 N–H and O–H groups in total. The molecule has 1 amide bonds. The third kappa shape index (κ3) is 6.19. The minimum absolute atomic E-state index is 0.148. The molecule has 0 saturated heterocycles. The van der Waals surface area contributed by atoms with Crippen LogP contribution in [-0.4, -0.2) is 34.2 Å². The number of hydrogen-bond acceptors (Lipinski definition) is 5. The molecule has 0 atom stereocenters. The Morgan fingerprint density at radius 1 is 1.50 bits per heavy atom. The van der Waals surface area contributed by atoms with Crippen molar-refractivity contribution in [3.05, 3.63) is 28.3 Å². The molecule has 9 heteroatoms. The van der Waals surface area contributed by atoms with Crippen molar-refractivity contribution in [3.63, 3.8) is 0 Å². The van der Waals surface area contributed by atoms with Crippen LogP contribution >= 0.6 is 0 Å². The number of carbonyl (C=O) groups is 2. The Labute approximate surface area is 114 Å². The van der Waals surface area contributed by atoms with E-state index in [1.807, 2.05) is 6.92 Å². The van der Waals surface area contributed by atoms with Crippen LogP contribution in [0.3, 0.4) is 0 Å². The van der Waals surface area contributed by atoms with Crippen molar-refractivity contribution < 1.29 is 24.7 Å². The van der Waals surface area contributed by atoms with Crippen molar-refractivity contribution in [2.75, 3.05) is 17.2 Å². The van der Waals surface area contributed by atoms with E-state index in [2.05, 4.69) is 10.6 Å². The average molecular weight is 285 g/mol. The Kier molecular flexibility index (Phi) is 7.84. The fourth-order valence-electron chi connectivity index (χ4n) is 1.29. The summed E-state index contributed by atoms with van der Waals surface area (Å²) in [4.78, 5) is 29.0. The highest BCUT2D eigenvalue weighted by atomic mass is 16.6. The summed E-state index contributed by atoms with van der Waals surface area (Å²) in [5.41, 5.74) is 0.406. The lowest BCUT2D eigenvalue weighted by atomic mass is 10.2. The summed E-state index contributed by atoms with van der Waals surface area (Å²) < 4.78 is 0. The second-order valence-corrected chi connectivity index (χ2v) is 3.45. The predicted octanol–water partition coefficient (Wildman–Crippen LogP) is 2.21. The summed E-state index contributed by atoms with van der Waals surface area (Å²) in [5, 5.41) is 31.2. The maximum absolute atomic E-state index is 10.8. The molecular weight excluding hydrogens is 270 g/mol. The van der Waals surface area contributed by atoms with Gasteiger partial charge in [0.15, 0.2) is 0 Å². The van der Waals surface area contributed by atoms with Gasteiger partial charge in [0.05, 0.1) is 10.6 Å². The van der Waals surface area contributed by atoms with Crippen molar-refractivity contribution >= 4 is 29.6 Å². The first-order valence-corrected chi connectivity index (χ1v) is 5.56. The molecule has 0 heterocycles. The SMILES string of the molecule is CCCNc1ccc(NC(=O)O)cc1[N+](=O)[O-].O=CO. The van der Waals surface area contributed by atoms with Crippen LogP contribution < -0.4 is 10.6 Å². The summed E-state index contributed by atoms with van der Waals surface area (Å²) in [6, 6.07) is 4.14. The molecule has 0 aromatic heterocycles. The summed E-state index contributed by atoms with van der Waals surface area (Å²) in [7, 11) is 0. The second-order valence-electron chi connectivity index (χ2n) is 3.45. The molecule has 0 fully saturated rings. The summed E-state index contributed by atoms with van der Waals surface area (Å²) in [6.07, 6.45) is -0.416. The van der Waals surface area contributed by atoms with E-state index in [-0.39, 0.29) is 17.8 Å². The molecule has 0 aliphatic carbocycles. The number of benzene rings is 1. The highest BCUT2D eigenvalue weighted by Crippen LogP contribution is 2.27. The molecule has 0 saturated carbocycles. The van der Waals surface area contributed by atoms with E-state index in [0.29, 0.717) is 12.2 Å². The molecule has 1 aromatic rings. The molecular formula is C11H15N3O6. The summed E-state index contributed by atoms with van der Waals surface area (Å²) in [6.45, 7) is 2.31. The van der Waals surface area contributed by atoms with E-state index in [1.54, 1.807) is 0 Å². The summed E-state index contributed by atoms with van der Waals surface area (Å²) >= 11 is 0. The zero-order valence-electron chi connectivity index (χ0n) is 10.7. The van der Waals surface area contributed by atoms with Gasteiger partial charge in [-0.3, -0.25) is 20.2 Å². The lowest BCUT2D eigenvalue weighted by Gasteiger charge is -2.07.